The minimum atomic E-state index is -3.40. The van der Waals surface area contributed by atoms with Gasteiger partial charge < -0.3 is 0 Å². The zero-order valence-electron chi connectivity index (χ0n) is 9.33. The van der Waals surface area contributed by atoms with Gasteiger partial charge in [-0.05, 0) is 30.5 Å². The van der Waals surface area contributed by atoms with E-state index in [1.54, 1.807) is 42.5 Å². The molecule has 0 saturated heterocycles. The van der Waals surface area contributed by atoms with Gasteiger partial charge in [0, 0.05) is 4.90 Å². The van der Waals surface area contributed by atoms with Crippen molar-refractivity contribution in [2.75, 3.05) is 6.26 Å². The van der Waals surface area contributed by atoms with Crippen LogP contribution in [0.25, 0.3) is 0 Å². The average molecular weight is 264 g/mol. The molecule has 0 heterocycles. The summed E-state index contributed by atoms with van der Waals surface area (Å²) >= 11 is 1.44. The fraction of sp³-hybridized carbons (Fsp3) is 0.0769. The van der Waals surface area contributed by atoms with E-state index < -0.39 is 9.84 Å². The van der Waals surface area contributed by atoms with Gasteiger partial charge in [-0.25, -0.2) is 8.42 Å². The topological polar surface area (TPSA) is 34.1 Å². The molecule has 0 unspecified atom stereocenters. The van der Waals surface area contributed by atoms with Crippen molar-refractivity contribution in [3.8, 4) is 0 Å². The van der Waals surface area contributed by atoms with Crippen LogP contribution >= 0.6 is 11.8 Å². The quantitative estimate of drug-likeness (QED) is 0.798. The van der Waals surface area contributed by atoms with Crippen LogP contribution in [0.3, 0.4) is 0 Å². The van der Waals surface area contributed by atoms with Crippen LogP contribution in [0.1, 0.15) is 0 Å². The van der Waals surface area contributed by atoms with Crippen molar-refractivity contribution in [2.45, 2.75) is 14.7 Å². The summed E-state index contributed by atoms with van der Waals surface area (Å²) in [5.41, 5.74) is 0. The molecule has 0 N–H and O–H groups in total. The van der Waals surface area contributed by atoms with Crippen molar-refractivity contribution in [2.24, 2.45) is 0 Å². The number of thioether (sulfide) groups is 1. The lowest BCUT2D eigenvalue weighted by atomic mass is 10.4. The fourth-order valence-corrected chi connectivity index (χ4v) is 3.99. The summed E-state index contributed by atoms with van der Waals surface area (Å²) in [6.07, 6.45) is 1.87. The third kappa shape index (κ3) is 2.37. The number of hydrogen-bond acceptors (Lipinski definition) is 3. The van der Waals surface area contributed by atoms with Crippen molar-refractivity contribution in [3.63, 3.8) is 0 Å². The summed E-state index contributed by atoms with van der Waals surface area (Å²) in [6, 6.07) is 15.6. The Hall–Kier alpha value is -1.26. The van der Waals surface area contributed by atoms with E-state index in [0.29, 0.717) is 9.79 Å². The molecule has 0 aliphatic rings. The van der Waals surface area contributed by atoms with Crippen LogP contribution in [-0.4, -0.2) is 14.7 Å². The normalized spacial score (nSPS) is 11.4. The predicted molar refractivity (Wildman–Crippen MR) is 70.1 cm³/mol. The van der Waals surface area contributed by atoms with Crippen molar-refractivity contribution in [1.29, 1.82) is 0 Å². The van der Waals surface area contributed by atoms with Gasteiger partial charge in [-0.3, -0.25) is 0 Å². The van der Waals surface area contributed by atoms with Gasteiger partial charge in [-0.1, -0.05) is 30.3 Å². The van der Waals surface area contributed by atoms with Crippen LogP contribution in [0.15, 0.2) is 69.3 Å². The van der Waals surface area contributed by atoms with Gasteiger partial charge in [0.2, 0.25) is 9.84 Å². The van der Waals surface area contributed by atoms with Gasteiger partial charge in [0.1, 0.15) is 0 Å². The van der Waals surface area contributed by atoms with Crippen LogP contribution in [0.4, 0.5) is 0 Å². The lowest BCUT2D eigenvalue weighted by Crippen LogP contribution is -2.03. The maximum absolute atomic E-state index is 12.4. The standard InChI is InChI=1S/C13H12O2S2/c1-16-12-9-5-6-10-13(12)17(14,15)11-7-3-2-4-8-11/h2-10H,1H3. The fourth-order valence-electron chi connectivity index (χ4n) is 1.57. The first-order valence-corrected chi connectivity index (χ1v) is 7.80. The third-order valence-corrected chi connectivity index (χ3v) is 5.16. The molecule has 0 aliphatic heterocycles. The number of rotatable bonds is 3. The summed E-state index contributed by atoms with van der Waals surface area (Å²) in [6.45, 7) is 0. The molecule has 0 saturated carbocycles. The molecule has 88 valence electrons. The molecule has 0 aromatic heterocycles. The highest BCUT2D eigenvalue weighted by Gasteiger charge is 2.19. The highest BCUT2D eigenvalue weighted by molar-refractivity contribution is 7.99. The summed E-state index contributed by atoms with van der Waals surface area (Å²) in [5, 5.41) is 0. The smallest absolute Gasteiger partial charge is 0.207 e. The van der Waals surface area contributed by atoms with Crippen LogP contribution in [0.5, 0.6) is 0 Å². The van der Waals surface area contributed by atoms with Gasteiger partial charge in [-0.2, -0.15) is 0 Å². The summed E-state index contributed by atoms with van der Waals surface area (Å²) < 4.78 is 24.8. The second-order valence-electron chi connectivity index (χ2n) is 3.47. The van der Waals surface area contributed by atoms with Gasteiger partial charge in [0.15, 0.2) is 0 Å². The molecule has 2 rings (SSSR count). The zero-order valence-corrected chi connectivity index (χ0v) is 11.0. The van der Waals surface area contributed by atoms with Crippen LogP contribution in [0.2, 0.25) is 0 Å². The summed E-state index contributed by atoms with van der Waals surface area (Å²) in [7, 11) is -3.40. The molecule has 2 aromatic carbocycles. The van der Waals surface area contributed by atoms with Gasteiger partial charge in [-0.15, -0.1) is 11.8 Å². The highest BCUT2D eigenvalue weighted by atomic mass is 32.2. The molecule has 17 heavy (non-hydrogen) atoms. The molecule has 4 heteroatoms. The average Bonchev–Trinajstić information content (AvgIpc) is 2.39. The first-order chi connectivity index (χ1) is 8.16. The lowest BCUT2D eigenvalue weighted by molar-refractivity contribution is 0.594. The Labute approximate surface area is 106 Å². The molecule has 0 atom stereocenters. The largest absolute Gasteiger partial charge is 0.218 e. The summed E-state index contributed by atoms with van der Waals surface area (Å²) in [4.78, 5) is 1.48. The Bertz CT molecular complexity index is 604. The Morgan fingerprint density at radius 3 is 2.12 bits per heavy atom. The van der Waals surface area contributed by atoms with E-state index in [9.17, 15) is 8.42 Å². The molecule has 0 bridgehead atoms. The van der Waals surface area contributed by atoms with E-state index in [0.717, 1.165) is 4.90 Å². The lowest BCUT2D eigenvalue weighted by Gasteiger charge is -2.08. The van der Waals surface area contributed by atoms with Crippen molar-refractivity contribution >= 4 is 21.6 Å². The Balaban J connectivity index is 2.61. The van der Waals surface area contributed by atoms with Gasteiger partial charge >= 0.3 is 0 Å². The second-order valence-corrected chi connectivity index (χ2v) is 6.23. The monoisotopic (exact) mass is 264 g/mol. The Kier molecular flexibility index (Phi) is 3.54. The van der Waals surface area contributed by atoms with Crippen molar-refractivity contribution in [1.82, 2.24) is 0 Å². The van der Waals surface area contributed by atoms with Crippen LogP contribution < -0.4 is 0 Å². The minimum absolute atomic E-state index is 0.335. The van der Waals surface area contributed by atoms with E-state index >= 15 is 0 Å². The third-order valence-electron chi connectivity index (χ3n) is 2.41. The summed E-state index contributed by atoms with van der Waals surface area (Å²) in [5.74, 6) is 0. The van der Waals surface area contributed by atoms with Crippen LogP contribution in [0, 0.1) is 0 Å². The predicted octanol–water partition coefficient (Wildman–Crippen LogP) is 3.24. The van der Waals surface area contributed by atoms with E-state index in [4.69, 9.17) is 0 Å². The maximum Gasteiger partial charge on any atom is 0.207 e. The Morgan fingerprint density at radius 1 is 0.882 bits per heavy atom. The van der Waals surface area contributed by atoms with Gasteiger partial charge in [0.25, 0.3) is 0 Å². The molecule has 0 aliphatic carbocycles. The first-order valence-electron chi connectivity index (χ1n) is 5.09. The van der Waals surface area contributed by atoms with E-state index in [1.165, 1.54) is 11.8 Å². The number of sulfone groups is 1. The SMILES string of the molecule is CSc1ccccc1S(=O)(=O)c1ccccc1. The molecule has 0 radical (unpaired) electrons. The van der Waals surface area contributed by atoms with Crippen molar-refractivity contribution in [3.05, 3.63) is 54.6 Å². The first kappa shape index (κ1) is 12.2. The minimum Gasteiger partial charge on any atom is -0.218 e. The van der Waals surface area contributed by atoms with Gasteiger partial charge in [0.05, 0.1) is 9.79 Å². The highest BCUT2D eigenvalue weighted by Crippen LogP contribution is 2.29. The zero-order chi connectivity index (χ0) is 12.3. The molecular weight excluding hydrogens is 252 g/mol. The molecule has 0 fully saturated rings. The number of benzene rings is 2. The van der Waals surface area contributed by atoms with E-state index in [2.05, 4.69) is 0 Å². The number of hydrogen-bond donors (Lipinski definition) is 0. The maximum atomic E-state index is 12.4. The molecule has 0 spiro atoms. The molecular formula is C13H12O2S2. The van der Waals surface area contributed by atoms with Crippen LogP contribution in [-0.2, 0) is 9.84 Å². The van der Waals surface area contributed by atoms with Crippen molar-refractivity contribution < 1.29 is 8.42 Å². The second kappa shape index (κ2) is 4.94. The molecule has 2 nitrogen and oxygen atoms in total. The Morgan fingerprint density at radius 2 is 1.47 bits per heavy atom. The van der Waals surface area contributed by atoms with E-state index in [-0.39, 0.29) is 0 Å². The molecule has 0 amide bonds. The molecule has 2 aromatic rings. The van der Waals surface area contributed by atoms with E-state index in [1.807, 2.05) is 18.4 Å².